The van der Waals surface area contributed by atoms with Gasteiger partial charge in [-0.1, -0.05) is 6.92 Å². The molecular formula is C10H11BrN2S2. The molecular weight excluding hydrogens is 292 g/mol. The fourth-order valence-corrected chi connectivity index (χ4v) is 3.51. The molecule has 2 rings (SSSR count). The maximum absolute atomic E-state index is 4.42. The Balaban J connectivity index is 2.13. The third-order valence-corrected chi connectivity index (χ3v) is 4.68. The Labute approximate surface area is 106 Å². The van der Waals surface area contributed by atoms with Gasteiger partial charge in [0.1, 0.15) is 5.01 Å². The highest BCUT2D eigenvalue weighted by Gasteiger charge is 2.06. The fourth-order valence-electron chi connectivity index (χ4n) is 1.18. The van der Waals surface area contributed by atoms with Crippen molar-refractivity contribution in [2.75, 3.05) is 6.54 Å². The Morgan fingerprint density at radius 1 is 1.40 bits per heavy atom. The third kappa shape index (κ3) is 2.87. The van der Waals surface area contributed by atoms with Gasteiger partial charge in [0.05, 0.1) is 8.66 Å². The maximum Gasteiger partial charge on any atom is 0.133 e. The summed E-state index contributed by atoms with van der Waals surface area (Å²) in [6.07, 6.45) is 1.95. The fraction of sp³-hybridized carbons (Fsp3) is 0.300. The molecule has 0 fully saturated rings. The average molecular weight is 303 g/mol. The van der Waals surface area contributed by atoms with E-state index in [9.17, 15) is 0 Å². The second kappa shape index (κ2) is 5.21. The SMILES string of the molecule is CCNCc1cnc(-c2ccc(Br)s2)s1. The van der Waals surface area contributed by atoms with E-state index in [0.717, 1.165) is 21.9 Å². The van der Waals surface area contributed by atoms with Crippen molar-refractivity contribution >= 4 is 38.6 Å². The predicted molar refractivity (Wildman–Crippen MR) is 70.5 cm³/mol. The standard InChI is InChI=1S/C10H11BrN2S2/c1-2-12-5-7-6-13-10(14-7)8-3-4-9(11)15-8/h3-4,6,12H,2,5H2,1H3. The van der Waals surface area contributed by atoms with E-state index in [2.05, 4.69) is 45.3 Å². The van der Waals surface area contributed by atoms with Crippen molar-refractivity contribution in [2.24, 2.45) is 0 Å². The minimum Gasteiger partial charge on any atom is -0.312 e. The molecule has 2 aromatic rings. The molecule has 80 valence electrons. The number of aromatic nitrogens is 1. The van der Waals surface area contributed by atoms with Gasteiger partial charge in [-0.25, -0.2) is 4.98 Å². The summed E-state index contributed by atoms with van der Waals surface area (Å²) >= 11 is 6.94. The highest BCUT2D eigenvalue weighted by Crippen LogP contribution is 2.33. The zero-order valence-corrected chi connectivity index (χ0v) is 11.5. The largest absolute Gasteiger partial charge is 0.312 e. The molecule has 0 saturated carbocycles. The number of hydrogen-bond acceptors (Lipinski definition) is 4. The molecule has 0 saturated heterocycles. The molecule has 0 aromatic carbocycles. The highest BCUT2D eigenvalue weighted by molar-refractivity contribution is 9.11. The van der Waals surface area contributed by atoms with E-state index in [1.54, 1.807) is 22.7 Å². The molecule has 5 heteroatoms. The quantitative estimate of drug-likeness (QED) is 0.930. The summed E-state index contributed by atoms with van der Waals surface area (Å²) in [6.45, 7) is 4.02. The van der Waals surface area contributed by atoms with E-state index in [1.807, 2.05) is 6.20 Å². The summed E-state index contributed by atoms with van der Waals surface area (Å²) in [5.41, 5.74) is 0. The van der Waals surface area contributed by atoms with Gasteiger partial charge in [0.25, 0.3) is 0 Å². The summed E-state index contributed by atoms with van der Waals surface area (Å²) in [5, 5.41) is 4.41. The van der Waals surface area contributed by atoms with Crippen LogP contribution in [0.3, 0.4) is 0 Å². The smallest absolute Gasteiger partial charge is 0.133 e. The van der Waals surface area contributed by atoms with Crippen LogP contribution in [-0.2, 0) is 6.54 Å². The Morgan fingerprint density at radius 2 is 2.27 bits per heavy atom. The lowest BCUT2D eigenvalue weighted by atomic mass is 10.5. The predicted octanol–water partition coefficient (Wildman–Crippen LogP) is 3.74. The normalized spacial score (nSPS) is 10.8. The van der Waals surface area contributed by atoms with E-state index in [0.29, 0.717) is 0 Å². The number of nitrogens with zero attached hydrogens (tertiary/aromatic N) is 1. The lowest BCUT2D eigenvalue weighted by Crippen LogP contribution is -2.10. The molecule has 0 bridgehead atoms. The van der Waals surface area contributed by atoms with E-state index in [-0.39, 0.29) is 0 Å². The van der Waals surface area contributed by atoms with Gasteiger partial charge in [-0.15, -0.1) is 22.7 Å². The van der Waals surface area contributed by atoms with Crippen molar-refractivity contribution < 1.29 is 0 Å². The highest BCUT2D eigenvalue weighted by atomic mass is 79.9. The van der Waals surface area contributed by atoms with Crippen LogP contribution in [0.25, 0.3) is 9.88 Å². The lowest BCUT2D eigenvalue weighted by molar-refractivity contribution is 0.734. The van der Waals surface area contributed by atoms with Crippen LogP contribution in [0.15, 0.2) is 22.1 Å². The second-order valence-electron chi connectivity index (χ2n) is 3.02. The minimum absolute atomic E-state index is 0.917. The monoisotopic (exact) mass is 302 g/mol. The van der Waals surface area contributed by atoms with Gasteiger partial charge in [-0.3, -0.25) is 0 Å². The van der Waals surface area contributed by atoms with E-state index < -0.39 is 0 Å². The molecule has 0 aliphatic carbocycles. The van der Waals surface area contributed by atoms with Gasteiger partial charge in [0, 0.05) is 17.6 Å². The molecule has 0 atom stereocenters. The van der Waals surface area contributed by atoms with Gasteiger partial charge in [0.15, 0.2) is 0 Å². The van der Waals surface area contributed by atoms with Crippen molar-refractivity contribution in [1.29, 1.82) is 0 Å². The molecule has 0 aliphatic rings. The molecule has 0 spiro atoms. The number of hydrogen-bond donors (Lipinski definition) is 1. The minimum atomic E-state index is 0.917. The van der Waals surface area contributed by atoms with Gasteiger partial charge < -0.3 is 5.32 Å². The van der Waals surface area contributed by atoms with Crippen molar-refractivity contribution in [3.05, 3.63) is 27.0 Å². The van der Waals surface area contributed by atoms with Crippen LogP contribution in [0.4, 0.5) is 0 Å². The van der Waals surface area contributed by atoms with Crippen LogP contribution in [-0.4, -0.2) is 11.5 Å². The molecule has 2 heterocycles. The van der Waals surface area contributed by atoms with Crippen LogP contribution in [0.5, 0.6) is 0 Å². The topological polar surface area (TPSA) is 24.9 Å². The first-order chi connectivity index (χ1) is 7.29. The van der Waals surface area contributed by atoms with Crippen LogP contribution in [0, 0.1) is 0 Å². The zero-order chi connectivity index (χ0) is 10.7. The molecule has 2 aromatic heterocycles. The summed E-state index contributed by atoms with van der Waals surface area (Å²) in [7, 11) is 0. The molecule has 0 amide bonds. The van der Waals surface area contributed by atoms with Gasteiger partial charge in [-0.05, 0) is 34.6 Å². The second-order valence-corrected chi connectivity index (χ2v) is 6.59. The summed E-state index contributed by atoms with van der Waals surface area (Å²) in [5.74, 6) is 0. The first-order valence-corrected chi connectivity index (χ1v) is 7.13. The summed E-state index contributed by atoms with van der Waals surface area (Å²) in [6, 6.07) is 4.16. The molecule has 15 heavy (non-hydrogen) atoms. The van der Waals surface area contributed by atoms with E-state index in [1.165, 1.54) is 9.75 Å². The molecule has 0 radical (unpaired) electrons. The van der Waals surface area contributed by atoms with Crippen LogP contribution in [0.1, 0.15) is 11.8 Å². The molecule has 0 unspecified atom stereocenters. The Bertz CT molecular complexity index is 436. The number of rotatable bonds is 4. The van der Waals surface area contributed by atoms with Crippen LogP contribution < -0.4 is 5.32 Å². The van der Waals surface area contributed by atoms with Crippen molar-refractivity contribution in [3.8, 4) is 9.88 Å². The third-order valence-electron chi connectivity index (χ3n) is 1.89. The first-order valence-electron chi connectivity index (χ1n) is 4.70. The number of thiophene rings is 1. The van der Waals surface area contributed by atoms with Gasteiger partial charge in [0.2, 0.25) is 0 Å². The maximum atomic E-state index is 4.42. The number of thiazole rings is 1. The Kier molecular flexibility index (Phi) is 3.91. The van der Waals surface area contributed by atoms with Crippen LogP contribution >= 0.6 is 38.6 Å². The molecule has 2 nitrogen and oxygen atoms in total. The Morgan fingerprint density at radius 3 is 2.93 bits per heavy atom. The number of nitrogens with one attached hydrogen (secondary N) is 1. The van der Waals surface area contributed by atoms with Crippen molar-refractivity contribution in [1.82, 2.24) is 10.3 Å². The molecule has 1 N–H and O–H groups in total. The van der Waals surface area contributed by atoms with Crippen LogP contribution in [0.2, 0.25) is 0 Å². The molecule has 0 aliphatic heterocycles. The van der Waals surface area contributed by atoms with E-state index in [4.69, 9.17) is 0 Å². The van der Waals surface area contributed by atoms with Crippen molar-refractivity contribution in [3.63, 3.8) is 0 Å². The first kappa shape index (κ1) is 11.3. The Hall–Kier alpha value is -0.230. The van der Waals surface area contributed by atoms with Gasteiger partial charge in [-0.2, -0.15) is 0 Å². The van der Waals surface area contributed by atoms with Crippen molar-refractivity contribution in [2.45, 2.75) is 13.5 Å². The average Bonchev–Trinajstić information content (AvgIpc) is 2.83. The van der Waals surface area contributed by atoms with E-state index >= 15 is 0 Å². The summed E-state index contributed by atoms with van der Waals surface area (Å²) < 4.78 is 1.15. The number of halogens is 1. The zero-order valence-electron chi connectivity index (χ0n) is 8.29. The summed E-state index contributed by atoms with van der Waals surface area (Å²) in [4.78, 5) is 6.94. The lowest BCUT2D eigenvalue weighted by Gasteiger charge is -1.94. The van der Waals surface area contributed by atoms with Gasteiger partial charge >= 0.3 is 0 Å².